The van der Waals surface area contributed by atoms with E-state index in [0.29, 0.717) is 49.9 Å². The lowest BCUT2D eigenvalue weighted by Crippen LogP contribution is -2.16. The standard InChI is InChI=1S/C48H58O7/c1-6-7-8-11-36-14-16-38(17-15-36)39-18-20-40(21-19-39)41-22-24-42(25-23-41)45-30-43(12-9-27-54-47(51)34(2)3)46(53-29-26-37(32-49)33-50)44(31-45)13-10-28-55-48(52)35(4)5/h14-25,30-31,37,49-50H,2,4,6-13,26-29,32-33H2,1,3,5H3. The van der Waals surface area contributed by atoms with Crippen molar-refractivity contribution in [1.29, 1.82) is 0 Å². The van der Waals surface area contributed by atoms with Crippen molar-refractivity contribution in [3.63, 3.8) is 0 Å². The van der Waals surface area contributed by atoms with Gasteiger partial charge in [-0.25, -0.2) is 9.59 Å². The number of hydrogen-bond acceptors (Lipinski definition) is 7. The van der Waals surface area contributed by atoms with E-state index in [-0.39, 0.29) is 32.3 Å². The van der Waals surface area contributed by atoms with Crippen LogP contribution in [-0.4, -0.2) is 55.2 Å². The second kappa shape index (κ2) is 22.4. The van der Waals surface area contributed by atoms with Gasteiger partial charge < -0.3 is 24.4 Å². The molecule has 0 radical (unpaired) electrons. The molecule has 7 heteroatoms. The minimum absolute atomic E-state index is 0.131. The van der Waals surface area contributed by atoms with Crippen molar-refractivity contribution in [2.24, 2.45) is 5.92 Å². The third kappa shape index (κ3) is 13.4. The lowest BCUT2D eigenvalue weighted by Gasteiger charge is -2.20. The number of ether oxygens (including phenoxy) is 3. The average Bonchev–Trinajstić information content (AvgIpc) is 3.20. The summed E-state index contributed by atoms with van der Waals surface area (Å²) >= 11 is 0. The number of carbonyl (C=O) groups excluding carboxylic acids is 2. The van der Waals surface area contributed by atoms with Crippen molar-refractivity contribution < 1.29 is 34.0 Å². The summed E-state index contributed by atoms with van der Waals surface area (Å²) in [6, 6.07) is 30.4. The van der Waals surface area contributed by atoms with Crippen LogP contribution in [0.3, 0.4) is 0 Å². The Hall–Kier alpha value is -4.98. The van der Waals surface area contributed by atoms with Crippen LogP contribution in [0, 0.1) is 5.92 Å². The van der Waals surface area contributed by atoms with E-state index in [4.69, 9.17) is 14.2 Å². The Bertz CT molecular complexity index is 1780. The number of unbranched alkanes of at least 4 members (excludes halogenated alkanes) is 2. The van der Waals surface area contributed by atoms with Crippen LogP contribution < -0.4 is 4.74 Å². The third-order valence-corrected chi connectivity index (χ3v) is 9.67. The summed E-state index contributed by atoms with van der Waals surface area (Å²) in [6.07, 6.45) is 7.64. The van der Waals surface area contributed by atoms with Crippen LogP contribution >= 0.6 is 0 Å². The van der Waals surface area contributed by atoms with Gasteiger partial charge in [-0.3, -0.25) is 0 Å². The van der Waals surface area contributed by atoms with Crippen molar-refractivity contribution in [1.82, 2.24) is 0 Å². The molecule has 0 aromatic heterocycles. The topological polar surface area (TPSA) is 102 Å². The van der Waals surface area contributed by atoms with Gasteiger partial charge in [-0.05, 0) is 121 Å². The van der Waals surface area contributed by atoms with E-state index < -0.39 is 11.9 Å². The maximum absolute atomic E-state index is 12.0. The van der Waals surface area contributed by atoms with Gasteiger partial charge in [-0.2, -0.15) is 0 Å². The molecule has 0 aliphatic rings. The molecule has 2 N–H and O–H groups in total. The van der Waals surface area contributed by atoms with E-state index in [1.807, 2.05) is 0 Å². The molecule has 292 valence electrons. The maximum atomic E-state index is 12.0. The Kier molecular flexibility index (Phi) is 17.4. The summed E-state index contributed by atoms with van der Waals surface area (Å²) in [5, 5.41) is 19.3. The molecule has 0 aliphatic heterocycles. The fourth-order valence-corrected chi connectivity index (χ4v) is 6.30. The number of carbonyl (C=O) groups is 2. The quantitative estimate of drug-likeness (QED) is 0.0443. The normalized spacial score (nSPS) is 11.0. The van der Waals surface area contributed by atoms with Gasteiger partial charge in [0.25, 0.3) is 0 Å². The second-order valence-electron chi connectivity index (χ2n) is 14.3. The Balaban J connectivity index is 1.58. The minimum atomic E-state index is -0.421. The lowest BCUT2D eigenvalue weighted by atomic mass is 9.93. The fraction of sp³-hybridized carbons (Fsp3) is 0.375. The number of hydrogen-bond donors (Lipinski definition) is 2. The van der Waals surface area contributed by atoms with Gasteiger partial charge >= 0.3 is 11.9 Å². The van der Waals surface area contributed by atoms with Crippen LogP contribution in [-0.2, 0) is 38.3 Å². The number of aliphatic hydroxyl groups is 2. The molecule has 0 fully saturated rings. The highest BCUT2D eigenvalue weighted by atomic mass is 16.5. The number of rotatable bonds is 23. The Morgan fingerprint density at radius 3 is 1.40 bits per heavy atom. The summed E-state index contributed by atoms with van der Waals surface area (Å²) < 4.78 is 17.2. The number of benzene rings is 4. The van der Waals surface area contributed by atoms with Crippen LogP contribution in [0.4, 0.5) is 0 Å². The highest BCUT2D eigenvalue weighted by Gasteiger charge is 2.17. The Labute approximate surface area is 327 Å². The predicted molar refractivity (Wildman–Crippen MR) is 222 cm³/mol. The van der Waals surface area contributed by atoms with Gasteiger partial charge in [-0.1, -0.05) is 106 Å². The summed E-state index contributed by atoms with van der Waals surface area (Å²) in [6.45, 7) is 13.3. The average molecular weight is 747 g/mol. The van der Waals surface area contributed by atoms with Gasteiger partial charge in [0, 0.05) is 30.3 Å². The molecule has 0 saturated heterocycles. The molecule has 0 aliphatic carbocycles. The molecule has 0 heterocycles. The molecule has 0 unspecified atom stereocenters. The number of aliphatic hydroxyl groups excluding tert-OH is 2. The summed E-state index contributed by atoms with van der Waals surface area (Å²) in [5.74, 6) is -0.402. The molecule has 55 heavy (non-hydrogen) atoms. The van der Waals surface area contributed by atoms with Crippen molar-refractivity contribution in [3.05, 3.63) is 126 Å². The van der Waals surface area contributed by atoms with Crippen molar-refractivity contribution in [3.8, 4) is 39.1 Å². The molecule has 4 aromatic carbocycles. The Morgan fingerprint density at radius 2 is 1.00 bits per heavy atom. The molecule has 0 atom stereocenters. The maximum Gasteiger partial charge on any atom is 0.333 e. The summed E-state index contributed by atoms with van der Waals surface area (Å²) in [4.78, 5) is 24.1. The minimum Gasteiger partial charge on any atom is -0.493 e. The van der Waals surface area contributed by atoms with Crippen molar-refractivity contribution >= 4 is 11.9 Å². The zero-order chi connectivity index (χ0) is 39.6. The number of aryl methyl sites for hydroxylation is 3. The predicted octanol–water partition coefficient (Wildman–Crippen LogP) is 9.89. The van der Waals surface area contributed by atoms with Crippen LogP contribution in [0.1, 0.15) is 76.0 Å². The zero-order valence-corrected chi connectivity index (χ0v) is 32.9. The molecule has 4 rings (SSSR count). The van der Waals surface area contributed by atoms with E-state index in [9.17, 15) is 19.8 Å². The molecular weight excluding hydrogens is 689 g/mol. The first-order chi connectivity index (χ1) is 26.6. The van der Waals surface area contributed by atoms with Crippen LogP contribution in [0.5, 0.6) is 5.75 Å². The number of esters is 2. The monoisotopic (exact) mass is 746 g/mol. The molecule has 0 bridgehead atoms. The van der Waals surface area contributed by atoms with Gasteiger partial charge in [-0.15, -0.1) is 0 Å². The van der Waals surface area contributed by atoms with Crippen LogP contribution in [0.15, 0.2) is 109 Å². The lowest BCUT2D eigenvalue weighted by molar-refractivity contribution is -0.139. The van der Waals surface area contributed by atoms with Crippen LogP contribution in [0.25, 0.3) is 33.4 Å². The van der Waals surface area contributed by atoms with Gasteiger partial charge in [0.05, 0.1) is 19.8 Å². The van der Waals surface area contributed by atoms with Gasteiger partial charge in [0.2, 0.25) is 0 Å². The first-order valence-corrected chi connectivity index (χ1v) is 19.6. The van der Waals surface area contributed by atoms with Crippen molar-refractivity contribution in [2.45, 2.75) is 78.6 Å². The highest BCUT2D eigenvalue weighted by molar-refractivity contribution is 5.87. The van der Waals surface area contributed by atoms with E-state index in [1.165, 1.54) is 36.0 Å². The highest BCUT2D eigenvalue weighted by Crippen LogP contribution is 2.35. The summed E-state index contributed by atoms with van der Waals surface area (Å²) in [5.41, 5.74) is 10.7. The van der Waals surface area contributed by atoms with E-state index in [1.54, 1.807) is 13.8 Å². The molecule has 7 nitrogen and oxygen atoms in total. The molecule has 4 aromatic rings. The molecular formula is C48H58O7. The first-order valence-electron chi connectivity index (χ1n) is 19.6. The van der Waals surface area contributed by atoms with E-state index in [2.05, 4.69) is 105 Å². The van der Waals surface area contributed by atoms with Gasteiger partial charge in [0.1, 0.15) is 5.75 Å². The molecule has 0 saturated carbocycles. The molecule has 0 spiro atoms. The Morgan fingerprint density at radius 1 is 0.582 bits per heavy atom. The SMILES string of the molecule is C=C(C)C(=O)OCCCc1cc(-c2ccc(-c3ccc(-c4ccc(CCCCC)cc4)cc3)cc2)cc(CCCOC(=O)C(=C)C)c1OCCC(CO)CO. The summed E-state index contributed by atoms with van der Waals surface area (Å²) in [7, 11) is 0. The zero-order valence-electron chi connectivity index (χ0n) is 32.9. The third-order valence-electron chi connectivity index (χ3n) is 9.67. The van der Waals surface area contributed by atoms with Crippen molar-refractivity contribution in [2.75, 3.05) is 33.0 Å². The van der Waals surface area contributed by atoms with E-state index >= 15 is 0 Å². The second-order valence-corrected chi connectivity index (χ2v) is 14.3. The molecule has 0 amide bonds. The first kappa shape index (κ1) is 42.8. The van der Waals surface area contributed by atoms with Gasteiger partial charge in [0.15, 0.2) is 0 Å². The van der Waals surface area contributed by atoms with E-state index in [0.717, 1.165) is 45.6 Å². The van der Waals surface area contributed by atoms with Crippen LogP contribution in [0.2, 0.25) is 0 Å². The largest absolute Gasteiger partial charge is 0.493 e. The smallest absolute Gasteiger partial charge is 0.333 e. The fourth-order valence-electron chi connectivity index (χ4n) is 6.30.